The third-order valence-corrected chi connectivity index (χ3v) is 3.19. The molecular weight excluding hydrogens is 273 g/mol. The van der Waals surface area contributed by atoms with E-state index in [0.717, 1.165) is 36.1 Å². The van der Waals surface area contributed by atoms with Crippen molar-refractivity contribution < 1.29 is 9.94 Å². The number of hydrogen-bond donors (Lipinski definition) is 1. The fraction of sp³-hybridized carbons (Fsp3) is 0.308. The monoisotopic (exact) mass is 285 g/mol. The van der Waals surface area contributed by atoms with Gasteiger partial charge in [-0.2, -0.15) is 0 Å². The first kappa shape index (κ1) is 13.2. The molecule has 0 aliphatic heterocycles. The molecule has 1 aromatic rings. The van der Waals surface area contributed by atoms with Crippen molar-refractivity contribution in [2.45, 2.75) is 19.3 Å². The highest BCUT2D eigenvalue weighted by atomic mass is 35.5. The fourth-order valence-electron chi connectivity index (χ4n) is 2.09. The van der Waals surface area contributed by atoms with Gasteiger partial charge in [-0.15, -0.1) is 0 Å². The third kappa shape index (κ3) is 2.98. The Morgan fingerprint density at radius 1 is 1.39 bits per heavy atom. The summed E-state index contributed by atoms with van der Waals surface area (Å²) in [4.78, 5) is 0. The van der Waals surface area contributed by atoms with E-state index in [-0.39, 0.29) is 4.49 Å². The molecule has 1 aromatic carbocycles. The van der Waals surface area contributed by atoms with Gasteiger partial charge >= 0.3 is 0 Å². The summed E-state index contributed by atoms with van der Waals surface area (Å²) in [5.41, 5.74) is 2.76. The van der Waals surface area contributed by atoms with E-state index in [0.29, 0.717) is 12.3 Å². The van der Waals surface area contributed by atoms with Gasteiger partial charge in [-0.05, 0) is 31.4 Å². The van der Waals surface area contributed by atoms with Crippen LogP contribution in [0.5, 0.6) is 5.75 Å². The lowest BCUT2D eigenvalue weighted by molar-refractivity contribution is 0.317. The van der Waals surface area contributed by atoms with E-state index < -0.39 is 0 Å². The van der Waals surface area contributed by atoms with Crippen LogP contribution in [0.4, 0.5) is 0 Å². The lowest BCUT2D eigenvalue weighted by Crippen LogP contribution is -2.13. The Labute approximate surface area is 116 Å². The summed E-state index contributed by atoms with van der Waals surface area (Å²) in [6.45, 7) is 0.324. The predicted octanol–water partition coefficient (Wildman–Crippen LogP) is 3.90. The molecule has 1 N–H and O–H groups in total. The van der Waals surface area contributed by atoms with Crippen LogP contribution in [-0.2, 0) is 6.42 Å². The van der Waals surface area contributed by atoms with Gasteiger partial charge in [0, 0.05) is 11.1 Å². The Hall–Kier alpha value is -1.19. The first-order valence-corrected chi connectivity index (χ1v) is 6.45. The van der Waals surface area contributed by atoms with Crippen LogP contribution in [0.15, 0.2) is 33.9 Å². The molecule has 1 aliphatic rings. The molecule has 0 saturated carbocycles. The van der Waals surface area contributed by atoms with E-state index in [9.17, 15) is 0 Å². The van der Waals surface area contributed by atoms with Gasteiger partial charge in [0.1, 0.15) is 16.8 Å². The summed E-state index contributed by atoms with van der Waals surface area (Å²) in [7, 11) is 0. The Balaban J connectivity index is 2.25. The Kier molecular flexibility index (Phi) is 4.50. The predicted molar refractivity (Wildman–Crippen MR) is 73.0 cm³/mol. The van der Waals surface area contributed by atoms with Gasteiger partial charge in [0.2, 0.25) is 0 Å². The zero-order valence-electron chi connectivity index (χ0n) is 9.70. The fourth-order valence-corrected chi connectivity index (χ4v) is 2.22. The van der Waals surface area contributed by atoms with Gasteiger partial charge in [0.25, 0.3) is 0 Å². The average Bonchev–Trinajstić information content (AvgIpc) is 2.38. The van der Waals surface area contributed by atoms with Gasteiger partial charge in [-0.25, -0.2) is 0 Å². The van der Waals surface area contributed by atoms with Crippen molar-refractivity contribution in [3.8, 4) is 5.75 Å². The van der Waals surface area contributed by atoms with Crippen LogP contribution in [-0.4, -0.2) is 17.5 Å². The first-order chi connectivity index (χ1) is 8.72. The molecule has 0 saturated heterocycles. The second kappa shape index (κ2) is 6.12. The highest BCUT2D eigenvalue weighted by Gasteiger charge is 2.19. The number of nitrogens with zero attached hydrogens (tertiary/aromatic N) is 1. The average molecular weight is 286 g/mol. The summed E-state index contributed by atoms with van der Waals surface area (Å²) in [6.07, 6.45) is 4.26. The molecule has 0 heterocycles. The largest absolute Gasteiger partial charge is 0.489 e. The van der Waals surface area contributed by atoms with Crippen LogP contribution >= 0.6 is 23.2 Å². The molecule has 0 atom stereocenters. The van der Waals surface area contributed by atoms with Crippen LogP contribution in [0.3, 0.4) is 0 Å². The topological polar surface area (TPSA) is 41.8 Å². The summed E-state index contributed by atoms with van der Waals surface area (Å²) in [5.74, 6) is 0.791. The minimum absolute atomic E-state index is 0.192. The second-order valence-electron chi connectivity index (χ2n) is 3.99. The van der Waals surface area contributed by atoms with Crippen molar-refractivity contribution in [3.63, 3.8) is 0 Å². The molecule has 2 rings (SSSR count). The van der Waals surface area contributed by atoms with Crippen LogP contribution in [0.25, 0.3) is 0 Å². The Morgan fingerprint density at radius 3 is 2.94 bits per heavy atom. The second-order valence-corrected chi connectivity index (χ2v) is 5.00. The number of oxime groups is 1. The number of halogens is 2. The normalized spacial score (nSPS) is 16.2. The SMILES string of the molecule is O/N=C1\CCCc2c(OCC=C(Cl)Cl)cccc21. The maximum atomic E-state index is 8.98. The lowest BCUT2D eigenvalue weighted by Gasteiger charge is -2.19. The quantitative estimate of drug-likeness (QED) is 0.676. The summed E-state index contributed by atoms with van der Waals surface area (Å²) in [5, 5.41) is 12.3. The number of benzene rings is 1. The molecular formula is C13H13Cl2NO2. The molecule has 0 unspecified atom stereocenters. The standard InChI is InChI=1S/C13H13Cl2NO2/c14-13(15)7-8-18-12-6-2-3-9-10(12)4-1-5-11(9)16-17/h2-3,6-7,17H,1,4-5,8H2/b16-11+. The first-order valence-electron chi connectivity index (χ1n) is 5.69. The van der Waals surface area contributed by atoms with Crippen LogP contribution < -0.4 is 4.74 Å². The van der Waals surface area contributed by atoms with E-state index in [1.54, 1.807) is 6.08 Å². The van der Waals surface area contributed by atoms with E-state index in [2.05, 4.69) is 5.16 Å². The third-order valence-electron chi connectivity index (χ3n) is 2.88. The molecule has 0 bridgehead atoms. The van der Waals surface area contributed by atoms with E-state index in [1.165, 1.54) is 0 Å². The molecule has 0 radical (unpaired) electrons. The van der Waals surface area contributed by atoms with Gasteiger partial charge < -0.3 is 9.94 Å². The maximum Gasteiger partial charge on any atom is 0.123 e. The maximum absolute atomic E-state index is 8.98. The van der Waals surface area contributed by atoms with Gasteiger partial charge in [-0.1, -0.05) is 40.5 Å². The highest BCUT2D eigenvalue weighted by molar-refractivity contribution is 6.55. The van der Waals surface area contributed by atoms with E-state index in [1.807, 2.05) is 18.2 Å². The Bertz CT molecular complexity index is 494. The summed E-state index contributed by atoms with van der Waals surface area (Å²) in [6, 6.07) is 5.73. The minimum Gasteiger partial charge on any atom is -0.489 e. The van der Waals surface area contributed by atoms with Crippen molar-refractivity contribution in [1.29, 1.82) is 0 Å². The molecule has 0 fully saturated rings. The van der Waals surface area contributed by atoms with Crippen molar-refractivity contribution in [2.75, 3.05) is 6.61 Å². The number of fused-ring (bicyclic) bond motifs is 1. The van der Waals surface area contributed by atoms with E-state index in [4.69, 9.17) is 33.1 Å². The van der Waals surface area contributed by atoms with Crippen molar-refractivity contribution in [2.24, 2.45) is 5.16 Å². The summed E-state index contributed by atoms with van der Waals surface area (Å²) < 4.78 is 5.82. The molecule has 18 heavy (non-hydrogen) atoms. The van der Waals surface area contributed by atoms with Gasteiger partial charge in [0.05, 0.1) is 5.71 Å². The number of hydrogen-bond acceptors (Lipinski definition) is 3. The van der Waals surface area contributed by atoms with Gasteiger partial charge in [0.15, 0.2) is 0 Å². The molecule has 1 aliphatic carbocycles. The van der Waals surface area contributed by atoms with Crippen molar-refractivity contribution in [1.82, 2.24) is 0 Å². The van der Waals surface area contributed by atoms with Crippen LogP contribution in [0, 0.1) is 0 Å². The molecule has 0 spiro atoms. The molecule has 96 valence electrons. The van der Waals surface area contributed by atoms with Crippen molar-refractivity contribution in [3.05, 3.63) is 39.9 Å². The smallest absolute Gasteiger partial charge is 0.123 e. The molecule has 0 amide bonds. The lowest BCUT2D eigenvalue weighted by atomic mass is 9.89. The molecule has 0 aromatic heterocycles. The van der Waals surface area contributed by atoms with Crippen LogP contribution in [0.1, 0.15) is 24.0 Å². The number of ether oxygens (including phenoxy) is 1. The molecule has 3 nitrogen and oxygen atoms in total. The van der Waals surface area contributed by atoms with Crippen LogP contribution in [0.2, 0.25) is 0 Å². The minimum atomic E-state index is 0.192. The number of rotatable bonds is 3. The molecule has 5 heteroatoms. The summed E-state index contributed by atoms with van der Waals surface area (Å²) >= 11 is 11.1. The highest BCUT2D eigenvalue weighted by Crippen LogP contribution is 2.30. The zero-order chi connectivity index (χ0) is 13.0. The Morgan fingerprint density at radius 2 is 2.22 bits per heavy atom. The zero-order valence-corrected chi connectivity index (χ0v) is 11.2. The van der Waals surface area contributed by atoms with Crippen molar-refractivity contribution >= 4 is 28.9 Å². The van der Waals surface area contributed by atoms with Gasteiger partial charge in [-0.3, -0.25) is 0 Å². The van der Waals surface area contributed by atoms with E-state index >= 15 is 0 Å².